The van der Waals surface area contributed by atoms with Crippen molar-refractivity contribution in [3.63, 3.8) is 0 Å². The van der Waals surface area contributed by atoms with Crippen molar-refractivity contribution in [3.8, 4) is 5.75 Å². The quantitative estimate of drug-likeness (QED) is 0.885. The molecule has 0 aromatic heterocycles. The van der Waals surface area contributed by atoms with Gasteiger partial charge in [0, 0.05) is 12.6 Å². The van der Waals surface area contributed by atoms with Crippen LogP contribution in [0.2, 0.25) is 0 Å². The van der Waals surface area contributed by atoms with E-state index in [9.17, 15) is 0 Å². The maximum atomic E-state index is 6.07. The lowest BCUT2D eigenvalue weighted by Crippen LogP contribution is -2.44. The second-order valence-corrected chi connectivity index (χ2v) is 5.46. The first-order chi connectivity index (χ1) is 9.18. The Hall–Kier alpha value is -1.06. The van der Waals surface area contributed by atoms with Crippen LogP contribution in [0, 0.1) is 0 Å². The predicted octanol–water partition coefficient (Wildman–Crippen LogP) is 3.09. The molecule has 1 aliphatic rings. The molecule has 1 fully saturated rings. The Labute approximate surface area is 116 Å². The van der Waals surface area contributed by atoms with Crippen molar-refractivity contribution in [1.29, 1.82) is 0 Å². The summed E-state index contributed by atoms with van der Waals surface area (Å²) in [5.74, 6) is 0.894. The normalized spacial score (nSPS) is 27.2. The van der Waals surface area contributed by atoms with Crippen molar-refractivity contribution >= 4 is 0 Å². The highest BCUT2D eigenvalue weighted by atomic mass is 16.5. The number of methoxy groups -OCH3 is 1. The largest absolute Gasteiger partial charge is 0.497 e. The Morgan fingerprint density at radius 2 is 2.32 bits per heavy atom. The van der Waals surface area contributed by atoms with Gasteiger partial charge < -0.3 is 14.8 Å². The molecule has 0 radical (unpaired) electrons. The summed E-state index contributed by atoms with van der Waals surface area (Å²) >= 11 is 0. The molecule has 3 heteroatoms. The van der Waals surface area contributed by atoms with E-state index in [0.29, 0.717) is 6.04 Å². The fourth-order valence-corrected chi connectivity index (χ4v) is 2.73. The van der Waals surface area contributed by atoms with Gasteiger partial charge in [0.1, 0.15) is 5.75 Å². The van der Waals surface area contributed by atoms with E-state index in [0.717, 1.165) is 31.7 Å². The van der Waals surface area contributed by atoms with Crippen LogP contribution in [0.4, 0.5) is 0 Å². The lowest BCUT2D eigenvalue weighted by atomic mass is 9.85. The number of benzene rings is 1. The Balaban J connectivity index is 2.11. The van der Waals surface area contributed by atoms with Gasteiger partial charge in [0.2, 0.25) is 0 Å². The molecule has 1 aromatic rings. The minimum atomic E-state index is -0.210. The smallest absolute Gasteiger partial charge is 0.119 e. The highest BCUT2D eigenvalue weighted by molar-refractivity contribution is 5.32. The Bertz CT molecular complexity index is 407. The summed E-state index contributed by atoms with van der Waals surface area (Å²) in [4.78, 5) is 0. The Kier molecular flexibility index (Phi) is 4.83. The van der Waals surface area contributed by atoms with E-state index in [-0.39, 0.29) is 5.60 Å². The molecule has 106 valence electrons. The number of hydrogen-bond donors (Lipinski definition) is 1. The molecule has 1 heterocycles. The van der Waals surface area contributed by atoms with Gasteiger partial charge in [0.05, 0.1) is 12.7 Å². The zero-order valence-electron chi connectivity index (χ0n) is 12.2. The lowest BCUT2D eigenvalue weighted by Gasteiger charge is -2.39. The fourth-order valence-electron chi connectivity index (χ4n) is 2.73. The first kappa shape index (κ1) is 14.4. The highest BCUT2D eigenvalue weighted by Gasteiger charge is 2.34. The van der Waals surface area contributed by atoms with Gasteiger partial charge in [-0.05, 0) is 50.4 Å². The van der Waals surface area contributed by atoms with Crippen molar-refractivity contribution in [1.82, 2.24) is 5.32 Å². The Morgan fingerprint density at radius 3 is 3.05 bits per heavy atom. The van der Waals surface area contributed by atoms with Gasteiger partial charge >= 0.3 is 0 Å². The zero-order valence-corrected chi connectivity index (χ0v) is 12.2. The molecule has 0 aliphatic carbocycles. The lowest BCUT2D eigenvalue weighted by molar-refractivity contribution is -0.0812. The van der Waals surface area contributed by atoms with E-state index in [1.807, 2.05) is 12.1 Å². The molecule has 19 heavy (non-hydrogen) atoms. The summed E-state index contributed by atoms with van der Waals surface area (Å²) in [5.41, 5.74) is 0.993. The van der Waals surface area contributed by atoms with Crippen LogP contribution in [-0.4, -0.2) is 26.3 Å². The van der Waals surface area contributed by atoms with Gasteiger partial charge in [-0.2, -0.15) is 0 Å². The van der Waals surface area contributed by atoms with Gasteiger partial charge in [0.15, 0.2) is 0 Å². The molecule has 1 aromatic carbocycles. The summed E-state index contributed by atoms with van der Waals surface area (Å²) < 4.78 is 11.4. The van der Waals surface area contributed by atoms with E-state index in [1.54, 1.807) is 7.11 Å². The summed E-state index contributed by atoms with van der Waals surface area (Å²) in [7, 11) is 1.70. The van der Waals surface area contributed by atoms with Crippen LogP contribution in [0.25, 0.3) is 0 Å². The maximum Gasteiger partial charge on any atom is 0.119 e. The van der Waals surface area contributed by atoms with Gasteiger partial charge in [0.25, 0.3) is 0 Å². The SMILES string of the molecule is CCCNC1CCOC(C)(c2cccc(OC)c2)C1. The number of nitrogens with one attached hydrogen (secondary N) is 1. The second-order valence-electron chi connectivity index (χ2n) is 5.46. The third-order valence-corrected chi connectivity index (χ3v) is 3.89. The van der Waals surface area contributed by atoms with Crippen molar-refractivity contribution < 1.29 is 9.47 Å². The first-order valence-corrected chi connectivity index (χ1v) is 7.20. The molecule has 0 amide bonds. The number of ether oxygens (including phenoxy) is 2. The molecule has 1 N–H and O–H groups in total. The van der Waals surface area contributed by atoms with Crippen LogP contribution in [0.1, 0.15) is 38.7 Å². The topological polar surface area (TPSA) is 30.5 Å². The number of hydrogen-bond acceptors (Lipinski definition) is 3. The second kappa shape index (κ2) is 6.40. The van der Waals surface area contributed by atoms with Crippen LogP contribution in [0.5, 0.6) is 5.75 Å². The first-order valence-electron chi connectivity index (χ1n) is 7.20. The zero-order chi connectivity index (χ0) is 13.7. The van der Waals surface area contributed by atoms with Crippen LogP contribution in [0.3, 0.4) is 0 Å². The minimum Gasteiger partial charge on any atom is -0.497 e. The summed E-state index contributed by atoms with van der Waals surface area (Å²) in [5, 5.41) is 3.61. The van der Waals surface area contributed by atoms with Crippen molar-refractivity contribution in [2.24, 2.45) is 0 Å². The van der Waals surface area contributed by atoms with Gasteiger partial charge in [-0.15, -0.1) is 0 Å². The van der Waals surface area contributed by atoms with Crippen LogP contribution < -0.4 is 10.1 Å². The van der Waals surface area contributed by atoms with E-state index >= 15 is 0 Å². The third-order valence-electron chi connectivity index (χ3n) is 3.89. The van der Waals surface area contributed by atoms with Crippen molar-refractivity contribution in [2.75, 3.05) is 20.3 Å². The van der Waals surface area contributed by atoms with Crippen LogP contribution in [0.15, 0.2) is 24.3 Å². The van der Waals surface area contributed by atoms with Crippen LogP contribution >= 0.6 is 0 Å². The number of rotatable bonds is 5. The van der Waals surface area contributed by atoms with E-state index < -0.39 is 0 Å². The molecule has 1 aliphatic heterocycles. The predicted molar refractivity (Wildman–Crippen MR) is 77.6 cm³/mol. The highest BCUT2D eigenvalue weighted by Crippen LogP contribution is 2.36. The summed E-state index contributed by atoms with van der Waals surface area (Å²) in [6.45, 7) is 6.28. The average molecular weight is 263 g/mol. The maximum absolute atomic E-state index is 6.07. The third kappa shape index (κ3) is 3.48. The molecule has 1 saturated heterocycles. The van der Waals surface area contributed by atoms with E-state index in [2.05, 4.69) is 31.3 Å². The standard InChI is InChI=1S/C16H25NO2/c1-4-9-17-14-8-10-19-16(2,12-14)13-6-5-7-15(11-13)18-3/h5-7,11,14,17H,4,8-10,12H2,1-3H3. The fraction of sp³-hybridized carbons (Fsp3) is 0.625. The molecule has 2 unspecified atom stereocenters. The summed E-state index contributed by atoms with van der Waals surface area (Å²) in [6, 6.07) is 8.77. The van der Waals surface area contributed by atoms with Gasteiger partial charge in [-0.3, -0.25) is 0 Å². The molecule has 0 spiro atoms. The summed E-state index contributed by atoms with van der Waals surface area (Å²) in [6.07, 6.45) is 3.28. The molecular weight excluding hydrogens is 238 g/mol. The van der Waals surface area contributed by atoms with Gasteiger partial charge in [-0.1, -0.05) is 19.1 Å². The van der Waals surface area contributed by atoms with Crippen molar-refractivity contribution in [3.05, 3.63) is 29.8 Å². The monoisotopic (exact) mass is 263 g/mol. The molecule has 3 nitrogen and oxygen atoms in total. The average Bonchev–Trinajstić information content (AvgIpc) is 2.45. The molecule has 0 bridgehead atoms. The Morgan fingerprint density at radius 1 is 1.47 bits per heavy atom. The molecule has 2 rings (SSSR count). The van der Waals surface area contributed by atoms with E-state index in [4.69, 9.17) is 9.47 Å². The van der Waals surface area contributed by atoms with Crippen LogP contribution in [-0.2, 0) is 10.3 Å². The van der Waals surface area contributed by atoms with Crippen molar-refractivity contribution in [2.45, 2.75) is 44.8 Å². The molecule has 2 atom stereocenters. The van der Waals surface area contributed by atoms with Gasteiger partial charge in [-0.25, -0.2) is 0 Å². The van der Waals surface area contributed by atoms with E-state index in [1.165, 1.54) is 12.0 Å². The minimum absolute atomic E-state index is 0.210. The molecule has 0 saturated carbocycles. The molecular formula is C16H25NO2.